The zero-order chi connectivity index (χ0) is 30.1. The second-order valence-corrected chi connectivity index (χ2v) is 11.9. The van der Waals surface area contributed by atoms with Crippen molar-refractivity contribution in [1.82, 2.24) is 4.90 Å². The zero-order valence-corrected chi connectivity index (χ0v) is 24.5. The number of aryl methyl sites for hydroxylation is 2. The summed E-state index contributed by atoms with van der Waals surface area (Å²) in [4.78, 5) is 30.7. The number of fused-ring (bicyclic) bond motifs is 2. The summed E-state index contributed by atoms with van der Waals surface area (Å²) in [5.41, 5.74) is 14.1. The van der Waals surface area contributed by atoms with Crippen LogP contribution in [-0.4, -0.2) is 71.5 Å². The van der Waals surface area contributed by atoms with Crippen molar-refractivity contribution in [3.63, 3.8) is 0 Å². The molecule has 4 rings (SSSR count). The first-order valence-corrected chi connectivity index (χ1v) is 15.6. The first-order valence-electron chi connectivity index (χ1n) is 13.8. The summed E-state index contributed by atoms with van der Waals surface area (Å²) in [6.45, 7) is 4.17. The molecule has 2 heterocycles. The maximum absolute atomic E-state index is 11.0. The second-order valence-electron chi connectivity index (χ2n) is 10.1. The van der Waals surface area contributed by atoms with Gasteiger partial charge in [0.15, 0.2) is 0 Å². The Labute approximate surface area is 245 Å². The van der Waals surface area contributed by atoms with Crippen LogP contribution in [0.1, 0.15) is 28.7 Å². The molecule has 0 atom stereocenters. The van der Waals surface area contributed by atoms with E-state index in [-0.39, 0.29) is 25.8 Å². The van der Waals surface area contributed by atoms with Gasteiger partial charge >= 0.3 is 13.6 Å². The van der Waals surface area contributed by atoms with Gasteiger partial charge in [-0.25, -0.2) is 0 Å². The highest BCUT2D eigenvalue weighted by atomic mass is 31.2. The number of allylic oxidation sites excluding steroid dienone is 1. The summed E-state index contributed by atoms with van der Waals surface area (Å²) in [6.07, 6.45) is 7.16. The normalized spacial score (nSPS) is 14.3. The molecule has 6 N–H and O–H groups in total. The second kappa shape index (κ2) is 14.5. The molecule has 0 saturated heterocycles. The van der Waals surface area contributed by atoms with Crippen LogP contribution in [0.15, 0.2) is 66.1 Å². The molecule has 0 amide bonds. The van der Waals surface area contributed by atoms with E-state index in [4.69, 9.17) is 34.8 Å². The summed E-state index contributed by atoms with van der Waals surface area (Å²) in [7, 11) is -4.02. The Balaban J connectivity index is 1.23. The van der Waals surface area contributed by atoms with Crippen molar-refractivity contribution < 1.29 is 38.5 Å². The summed E-state index contributed by atoms with van der Waals surface area (Å²) in [5.74, 6) is -0.0588. The minimum Gasteiger partial charge on any atom is -0.491 e. The van der Waals surface area contributed by atoms with Crippen molar-refractivity contribution in [2.24, 2.45) is 5.73 Å². The smallest absolute Gasteiger partial charge is 0.327 e. The summed E-state index contributed by atoms with van der Waals surface area (Å²) in [6, 6.07) is 11.9. The Morgan fingerprint density at radius 3 is 2.52 bits per heavy atom. The van der Waals surface area contributed by atoms with Crippen molar-refractivity contribution in [3.8, 4) is 5.75 Å². The van der Waals surface area contributed by atoms with E-state index < -0.39 is 13.6 Å². The fourth-order valence-electron chi connectivity index (χ4n) is 4.65. The van der Waals surface area contributed by atoms with Gasteiger partial charge in [-0.05, 0) is 60.7 Å². The number of benzene rings is 2. The van der Waals surface area contributed by atoms with E-state index in [0.717, 1.165) is 52.4 Å². The van der Waals surface area contributed by atoms with Gasteiger partial charge in [-0.15, -0.1) is 0 Å². The molecule has 0 saturated carbocycles. The van der Waals surface area contributed by atoms with Gasteiger partial charge in [0, 0.05) is 42.2 Å². The van der Waals surface area contributed by atoms with Gasteiger partial charge in [0.2, 0.25) is 0 Å². The van der Waals surface area contributed by atoms with E-state index in [1.807, 2.05) is 48.8 Å². The van der Waals surface area contributed by atoms with Gasteiger partial charge in [0.1, 0.15) is 12.4 Å². The molecule has 2 aliphatic rings. The third-order valence-corrected chi connectivity index (χ3v) is 7.69. The third-order valence-electron chi connectivity index (χ3n) is 6.93. The summed E-state index contributed by atoms with van der Waals surface area (Å²) >= 11 is 0. The molecule has 2 aromatic carbocycles. The standard InChI is InChI=1S/C30H38N3O8P/c1-21-18-24(41-15-14-39-12-13-40-16-17-42(36,37)38)5-4-23(21)8-10-33-11-9-26-28(20-33)32-27-19-22(3-7-29(34)35)2-6-25(27)30(26)31/h2,4-6,9,11,18-20,32H,3,7-8,10,12-17,31H2,1H3,(H,34,35)(H2,36,37,38). The topological polar surface area (TPSA) is 164 Å². The Morgan fingerprint density at radius 1 is 1.02 bits per heavy atom. The minimum atomic E-state index is -4.02. The first-order chi connectivity index (χ1) is 20.1. The zero-order valence-electron chi connectivity index (χ0n) is 23.6. The average molecular weight is 600 g/mol. The van der Waals surface area contributed by atoms with E-state index >= 15 is 0 Å². The number of carbonyl (C=O) groups is 1. The monoisotopic (exact) mass is 599 g/mol. The predicted molar refractivity (Wildman–Crippen MR) is 160 cm³/mol. The molecule has 2 aliphatic heterocycles. The largest absolute Gasteiger partial charge is 0.491 e. The van der Waals surface area contributed by atoms with Gasteiger partial charge < -0.3 is 45.1 Å². The van der Waals surface area contributed by atoms with E-state index in [1.54, 1.807) is 0 Å². The number of carboxylic acids is 1. The number of anilines is 1. The number of rotatable bonds is 16. The van der Waals surface area contributed by atoms with Crippen LogP contribution in [0.3, 0.4) is 0 Å². The molecule has 0 spiro atoms. The SMILES string of the molecule is Cc1cc(OCCOCCOCCP(=O)(O)O)ccc1CCN1C=CC2=C(N)c3ccc(CCC(=O)O)cc3NC2=C1. The number of hydrogen-bond donors (Lipinski definition) is 5. The Morgan fingerprint density at radius 2 is 1.79 bits per heavy atom. The fourth-order valence-corrected chi connectivity index (χ4v) is 5.02. The number of nitrogens with one attached hydrogen (secondary N) is 1. The van der Waals surface area contributed by atoms with E-state index in [9.17, 15) is 9.36 Å². The van der Waals surface area contributed by atoms with Crippen molar-refractivity contribution in [1.29, 1.82) is 0 Å². The van der Waals surface area contributed by atoms with Crippen LogP contribution < -0.4 is 15.8 Å². The van der Waals surface area contributed by atoms with E-state index in [1.165, 1.54) is 5.56 Å². The molecular weight excluding hydrogens is 561 g/mol. The molecule has 12 heteroatoms. The van der Waals surface area contributed by atoms with Gasteiger partial charge in [-0.3, -0.25) is 9.36 Å². The number of hydrogen-bond acceptors (Lipinski definition) is 8. The Kier molecular flexibility index (Phi) is 10.8. The fraction of sp³-hybridized carbons (Fsp3) is 0.367. The minimum absolute atomic E-state index is 0.00225. The lowest BCUT2D eigenvalue weighted by atomic mass is 9.94. The Bertz CT molecular complexity index is 1420. The molecular formula is C30H38N3O8P. The number of nitrogens with two attached hydrogens (primary N) is 1. The molecule has 0 bridgehead atoms. The van der Waals surface area contributed by atoms with Crippen molar-refractivity contribution >= 4 is 24.9 Å². The predicted octanol–water partition coefficient (Wildman–Crippen LogP) is 3.61. The molecule has 2 aromatic rings. The highest BCUT2D eigenvalue weighted by Gasteiger charge is 2.22. The average Bonchev–Trinajstić information content (AvgIpc) is 2.94. The summed E-state index contributed by atoms with van der Waals surface area (Å²) in [5, 5.41) is 12.5. The van der Waals surface area contributed by atoms with Crippen molar-refractivity contribution in [2.45, 2.75) is 26.2 Å². The molecule has 11 nitrogen and oxygen atoms in total. The highest BCUT2D eigenvalue weighted by Crippen LogP contribution is 2.36. The maximum Gasteiger partial charge on any atom is 0.327 e. The van der Waals surface area contributed by atoms with Crippen molar-refractivity contribution in [3.05, 3.63) is 88.4 Å². The molecule has 0 fully saturated rings. The van der Waals surface area contributed by atoms with Crippen LogP contribution in [0.2, 0.25) is 0 Å². The Hall–Kier alpha value is -3.60. The lowest BCUT2D eigenvalue weighted by Crippen LogP contribution is -2.24. The molecule has 42 heavy (non-hydrogen) atoms. The molecule has 0 aromatic heterocycles. The number of carboxylic acid groups (broad SMARTS) is 1. The maximum atomic E-state index is 11.0. The van der Waals surface area contributed by atoms with Crippen LogP contribution in [-0.2, 0) is 31.7 Å². The summed E-state index contributed by atoms with van der Waals surface area (Å²) < 4.78 is 27.1. The van der Waals surface area contributed by atoms with Gasteiger partial charge in [-0.1, -0.05) is 18.2 Å². The van der Waals surface area contributed by atoms with E-state index in [0.29, 0.717) is 31.9 Å². The molecule has 0 aliphatic carbocycles. The molecule has 226 valence electrons. The molecule has 0 unspecified atom stereocenters. The highest BCUT2D eigenvalue weighted by molar-refractivity contribution is 7.51. The van der Waals surface area contributed by atoms with Crippen LogP contribution in [0.4, 0.5) is 5.69 Å². The quantitative estimate of drug-likeness (QED) is 0.141. The number of aliphatic carboxylic acids is 1. The van der Waals surface area contributed by atoms with Crippen LogP contribution in [0.5, 0.6) is 5.75 Å². The molecule has 0 radical (unpaired) electrons. The first kappa shape index (κ1) is 31.3. The van der Waals surface area contributed by atoms with Gasteiger partial charge in [0.05, 0.1) is 44.0 Å². The third kappa shape index (κ3) is 9.20. The van der Waals surface area contributed by atoms with Crippen LogP contribution >= 0.6 is 7.60 Å². The van der Waals surface area contributed by atoms with Gasteiger partial charge in [0.25, 0.3) is 0 Å². The van der Waals surface area contributed by atoms with Crippen molar-refractivity contribution in [2.75, 3.05) is 51.1 Å². The number of ether oxygens (including phenoxy) is 3. The van der Waals surface area contributed by atoms with Crippen LogP contribution in [0, 0.1) is 6.92 Å². The van der Waals surface area contributed by atoms with Gasteiger partial charge in [-0.2, -0.15) is 0 Å². The number of nitrogens with zero attached hydrogens (tertiary/aromatic N) is 1. The van der Waals surface area contributed by atoms with Crippen LogP contribution in [0.25, 0.3) is 5.70 Å². The lowest BCUT2D eigenvalue weighted by Gasteiger charge is -2.29. The lowest BCUT2D eigenvalue weighted by molar-refractivity contribution is -0.136. The van der Waals surface area contributed by atoms with E-state index in [2.05, 4.69) is 23.2 Å².